The van der Waals surface area contributed by atoms with Crippen LogP contribution in [0.5, 0.6) is 0 Å². The summed E-state index contributed by atoms with van der Waals surface area (Å²) >= 11 is 0. The van der Waals surface area contributed by atoms with Crippen LogP contribution in [0, 0.1) is 19.3 Å². The predicted molar refractivity (Wildman–Crippen MR) is 148 cm³/mol. The number of aromatic nitrogens is 5. The third-order valence-electron chi connectivity index (χ3n) is 9.01. The van der Waals surface area contributed by atoms with Crippen molar-refractivity contribution < 1.29 is 17.9 Å². The van der Waals surface area contributed by atoms with Gasteiger partial charge in [-0.2, -0.15) is 13.2 Å². The minimum atomic E-state index is -4.21. The smallest absolute Gasteiger partial charge is 0.373 e. The highest BCUT2D eigenvalue weighted by Gasteiger charge is 2.79. The van der Waals surface area contributed by atoms with Gasteiger partial charge in [-0.05, 0) is 57.6 Å². The summed E-state index contributed by atoms with van der Waals surface area (Å²) in [6.45, 7) is 12.6. The Labute approximate surface area is 236 Å². The Balaban J connectivity index is 1.34. The van der Waals surface area contributed by atoms with Gasteiger partial charge < -0.3 is 9.75 Å². The van der Waals surface area contributed by atoms with E-state index in [0.717, 1.165) is 17.0 Å². The summed E-state index contributed by atoms with van der Waals surface area (Å²) in [5, 5.41) is 1.82. The van der Waals surface area contributed by atoms with Crippen LogP contribution in [0.2, 0.25) is 0 Å². The molecule has 1 saturated heterocycles. The van der Waals surface area contributed by atoms with Crippen molar-refractivity contribution in [1.29, 1.82) is 0 Å². The van der Waals surface area contributed by atoms with E-state index in [1.807, 2.05) is 18.9 Å². The fourth-order valence-electron chi connectivity index (χ4n) is 6.74. The molecule has 3 saturated carbocycles. The fraction of sp³-hybridized carbons (Fsp3) is 0.500. The molecule has 3 aromatic rings. The molecule has 8 nitrogen and oxygen atoms in total. The zero-order valence-corrected chi connectivity index (χ0v) is 23.2. The van der Waals surface area contributed by atoms with Crippen LogP contribution in [0.25, 0.3) is 11.2 Å². The first kappa shape index (κ1) is 27.6. The molecule has 216 valence electrons. The minimum absolute atomic E-state index is 0.0352. The van der Waals surface area contributed by atoms with Gasteiger partial charge in [0, 0.05) is 30.2 Å². The van der Waals surface area contributed by atoms with Gasteiger partial charge >= 0.3 is 6.18 Å². The van der Waals surface area contributed by atoms with Gasteiger partial charge in [0.2, 0.25) is 0 Å². The molecule has 4 heterocycles. The second-order valence-corrected chi connectivity index (χ2v) is 11.8. The van der Waals surface area contributed by atoms with E-state index < -0.39 is 17.0 Å². The van der Waals surface area contributed by atoms with Crippen LogP contribution in [0.4, 0.5) is 13.2 Å². The lowest BCUT2D eigenvalue weighted by atomic mass is 9.34. The number of nitrogens with zero attached hydrogens (tertiary/aromatic N) is 6. The average Bonchev–Trinajstić information content (AvgIpc) is 2.87. The van der Waals surface area contributed by atoms with Gasteiger partial charge in [0.05, 0.1) is 41.7 Å². The normalized spacial score (nSPS) is 27.1. The van der Waals surface area contributed by atoms with Crippen molar-refractivity contribution in [2.45, 2.75) is 69.6 Å². The van der Waals surface area contributed by atoms with Crippen LogP contribution >= 0.6 is 0 Å². The fourth-order valence-corrected chi connectivity index (χ4v) is 6.74. The molecule has 4 fully saturated rings. The SMILES string of the molecule is C=CCN(CC=C)n1cc([C@H]2C[C@@H](c3nc(C45CC(C(F)(F)F)(C4)C5)c4nc(C)c(C)nc4n3)CCO2)ccc1=O. The lowest BCUT2D eigenvalue weighted by molar-refractivity contribution is -0.337. The Morgan fingerprint density at radius 3 is 2.41 bits per heavy atom. The second-order valence-electron chi connectivity index (χ2n) is 11.8. The zero-order valence-electron chi connectivity index (χ0n) is 23.2. The Morgan fingerprint density at radius 1 is 1.07 bits per heavy atom. The van der Waals surface area contributed by atoms with Crippen LogP contribution in [-0.2, 0) is 10.2 Å². The molecule has 0 aromatic carbocycles. The van der Waals surface area contributed by atoms with E-state index in [1.165, 1.54) is 6.07 Å². The van der Waals surface area contributed by atoms with Gasteiger partial charge in [-0.3, -0.25) is 4.79 Å². The Kier molecular flexibility index (Phi) is 6.55. The highest BCUT2D eigenvalue weighted by Crippen LogP contribution is 2.78. The molecular formula is C30H33F3N6O2. The third-order valence-corrected chi connectivity index (χ3v) is 9.01. The standard InChI is InChI=1S/C30H33F3N6O2/c1-5-10-38(11-6-2)39-14-21(7-8-23(39)40)22-13-20(9-12-41-22)26-36-25(24-27(37-26)35-19(4)18(3)34-24)28-15-29(16-28,17-28)30(31,32)33/h5-8,14,20,22H,1-2,9-13,15-17H2,3-4H3/t20-,22+,28?,29?/m0/s1. The van der Waals surface area contributed by atoms with Crippen LogP contribution in [0.3, 0.4) is 0 Å². The van der Waals surface area contributed by atoms with Crippen LogP contribution in [0.1, 0.15) is 72.6 Å². The summed E-state index contributed by atoms with van der Waals surface area (Å²) in [4.78, 5) is 31.8. The quantitative estimate of drug-likeness (QED) is 0.350. The van der Waals surface area contributed by atoms with E-state index in [2.05, 4.69) is 18.1 Å². The molecule has 11 heteroatoms. The topological polar surface area (TPSA) is 86.0 Å². The van der Waals surface area contributed by atoms with E-state index in [1.54, 1.807) is 29.1 Å². The molecule has 3 aliphatic carbocycles. The molecule has 1 aliphatic heterocycles. The van der Waals surface area contributed by atoms with Gasteiger partial charge in [0.25, 0.3) is 5.56 Å². The molecule has 0 radical (unpaired) electrons. The van der Waals surface area contributed by atoms with E-state index in [4.69, 9.17) is 19.7 Å². The summed E-state index contributed by atoms with van der Waals surface area (Å²) in [5.41, 5.74) is 1.41. The number of pyridine rings is 1. The summed E-state index contributed by atoms with van der Waals surface area (Å²) in [6, 6.07) is 3.29. The van der Waals surface area contributed by atoms with Crippen molar-refractivity contribution in [3.63, 3.8) is 0 Å². The van der Waals surface area contributed by atoms with Crippen molar-refractivity contribution in [3.05, 3.63) is 82.5 Å². The molecule has 3 aromatic heterocycles. The molecule has 4 aliphatic rings. The Morgan fingerprint density at radius 2 is 1.76 bits per heavy atom. The number of fused-ring (bicyclic) bond motifs is 1. The minimum Gasteiger partial charge on any atom is -0.373 e. The maximum atomic E-state index is 13.7. The first-order valence-corrected chi connectivity index (χ1v) is 13.9. The van der Waals surface area contributed by atoms with Crippen LogP contribution in [0.15, 0.2) is 48.4 Å². The molecule has 0 spiro atoms. The molecule has 0 amide bonds. The molecule has 2 atom stereocenters. The van der Waals surface area contributed by atoms with Gasteiger partial charge in [-0.25, -0.2) is 24.6 Å². The molecular weight excluding hydrogens is 533 g/mol. The van der Waals surface area contributed by atoms with Crippen molar-refractivity contribution >= 4 is 11.2 Å². The average molecular weight is 567 g/mol. The van der Waals surface area contributed by atoms with Crippen molar-refractivity contribution in [1.82, 2.24) is 24.6 Å². The van der Waals surface area contributed by atoms with E-state index in [-0.39, 0.29) is 36.8 Å². The lowest BCUT2D eigenvalue weighted by Crippen LogP contribution is -2.70. The molecule has 7 rings (SSSR count). The number of halogens is 3. The number of hydrogen-bond acceptors (Lipinski definition) is 7. The van der Waals surface area contributed by atoms with Gasteiger partial charge in [-0.1, -0.05) is 12.2 Å². The molecule has 41 heavy (non-hydrogen) atoms. The molecule has 2 bridgehead atoms. The van der Waals surface area contributed by atoms with Gasteiger partial charge in [0.1, 0.15) is 11.3 Å². The first-order valence-electron chi connectivity index (χ1n) is 13.9. The molecule has 0 unspecified atom stereocenters. The Bertz CT molecular complexity index is 1570. The number of hydrogen-bond donors (Lipinski definition) is 0. The maximum Gasteiger partial charge on any atom is 0.394 e. The maximum absolute atomic E-state index is 13.7. The first-order chi connectivity index (χ1) is 19.5. The Hall–Kier alpha value is -3.60. The third kappa shape index (κ3) is 4.45. The summed E-state index contributed by atoms with van der Waals surface area (Å²) in [7, 11) is 0. The lowest BCUT2D eigenvalue weighted by Gasteiger charge is -2.70. The summed E-state index contributed by atoms with van der Waals surface area (Å²) in [5.74, 6) is 0.472. The highest BCUT2D eigenvalue weighted by molar-refractivity contribution is 5.75. The second kappa shape index (κ2) is 9.75. The summed E-state index contributed by atoms with van der Waals surface area (Å²) < 4.78 is 48.8. The van der Waals surface area contributed by atoms with E-state index in [9.17, 15) is 18.0 Å². The van der Waals surface area contributed by atoms with Gasteiger partial charge in [0.15, 0.2) is 5.65 Å². The number of aryl methyl sites for hydroxylation is 2. The number of rotatable bonds is 8. The zero-order chi connectivity index (χ0) is 29.2. The van der Waals surface area contributed by atoms with Crippen LogP contribution in [-0.4, -0.2) is 50.5 Å². The van der Waals surface area contributed by atoms with Crippen molar-refractivity contribution in [3.8, 4) is 0 Å². The van der Waals surface area contributed by atoms with Crippen molar-refractivity contribution in [2.75, 3.05) is 24.7 Å². The molecule has 0 N–H and O–H groups in total. The highest BCUT2D eigenvalue weighted by atomic mass is 19.4. The largest absolute Gasteiger partial charge is 0.394 e. The van der Waals surface area contributed by atoms with E-state index in [0.29, 0.717) is 55.2 Å². The number of ether oxygens (including phenoxy) is 1. The number of alkyl halides is 3. The van der Waals surface area contributed by atoms with Crippen LogP contribution < -0.4 is 10.6 Å². The van der Waals surface area contributed by atoms with Gasteiger partial charge in [-0.15, -0.1) is 13.2 Å². The summed E-state index contributed by atoms with van der Waals surface area (Å²) in [6.07, 6.45) is 2.03. The predicted octanol–water partition coefficient (Wildman–Crippen LogP) is 5.13. The van der Waals surface area contributed by atoms with E-state index >= 15 is 0 Å². The monoisotopic (exact) mass is 566 g/mol. The van der Waals surface area contributed by atoms with Crippen molar-refractivity contribution in [2.24, 2.45) is 5.41 Å².